The molecular weight excluding hydrogens is 326 g/mol. The molecule has 0 saturated heterocycles. The zero-order valence-corrected chi connectivity index (χ0v) is 13.4. The predicted octanol–water partition coefficient (Wildman–Crippen LogP) is 4.33. The normalized spacial score (nSPS) is 23.1. The van der Waals surface area contributed by atoms with Crippen LogP contribution in [-0.4, -0.2) is 17.3 Å². The Hall–Kier alpha value is -0.540. The van der Waals surface area contributed by atoms with Gasteiger partial charge in [0.1, 0.15) is 0 Å². The highest BCUT2D eigenvalue weighted by Crippen LogP contribution is 2.26. The summed E-state index contributed by atoms with van der Waals surface area (Å²) in [6.45, 7) is 1.97. The van der Waals surface area contributed by atoms with Gasteiger partial charge in [0.25, 0.3) is 5.91 Å². The zero-order chi connectivity index (χ0) is 13.8. The molecule has 0 radical (unpaired) electrons. The first kappa shape index (κ1) is 14.9. The first-order valence-corrected chi connectivity index (χ1v) is 8.23. The van der Waals surface area contributed by atoms with Gasteiger partial charge in [0, 0.05) is 11.4 Å². The van der Waals surface area contributed by atoms with Crippen molar-refractivity contribution in [3.05, 3.63) is 34.3 Å². The average molecular weight is 345 g/mol. The van der Waals surface area contributed by atoms with Gasteiger partial charge in [-0.3, -0.25) is 4.79 Å². The average Bonchev–Trinajstić information content (AvgIpc) is 2.38. The first-order valence-electron chi connectivity index (χ1n) is 6.73. The van der Waals surface area contributed by atoms with Gasteiger partial charge in [0.15, 0.2) is 0 Å². The maximum Gasteiger partial charge on any atom is 0.253 e. The molecule has 4 heteroatoms. The number of alkyl halides is 1. The first-order chi connectivity index (χ1) is 9.10. The molecule has 1 aliphatic rings. The maximum atomic E-state index is 12.2. The van der Waals surface area contributed by atoms with Gasteiger partial charge in [-0.15, -0.1) is 0 Å². The van der Waals surface area contributed by atoms with Crippen LogP contribution in [0.4, 0.5) is 0 Å². The third-order valence-electron chi connectivity index (χ3n) is 3.71. The number of amides is 1. The van der Waals surface area contributed by atoms with Crippen molar-refractivity contribution in [1.29, 1.82) is 0 Å². The monoisotopic (exact) mass is 343 g/mol. The van der Waals surface area contributed by atoms with Crippen LogP contribution in [0.15, 0.2) is 18.2 Å². The third kappa shape index (κ3) is 3.96. The van der Waals surface area contributed by atoms with Gasteiger partial charge >= 0.3 is 0 Å². The van der Waals surface area contributed by atoms with E-state index in [1.54, 1.807) is 6.07 Å². The van der Waals surface area contributed by atoms with Crippen LogP contribution in [0, 0.1) is 12.8 Å². The summed E-state index contributed by atoms with van der Waals surface area (Å²) in [7, 11) is 0. The number of hydrogen-bond donors (Lipinski definition) is 1. The number of halogens is 2. The molecule has 2 atom stereocenters. The number of benzene rings is 1. The highest BCUT2D eigenvalue weighted by molar-refractivity contribution is 9.09. The van der Waals surface area contributed by atoms with Crippen molar-refractivity contribution in [3.63, 3.8) is 0 Å². The van der Waals surface area contributed by atoms with Crippen LogP contribution in [-0.2, 0) is 0 Å². The molecule has 1 N–H and O–H groups in total. The lowest BCUT2D eigenvalue weighted by atomic mass is 9.87. The zero-order valence-electron chi connectivity index (χ0n) is 11.1. The van der Waals surface area contributed by atoms with Crippen LogP contribution < -0.4 is 5.32 Å². The number of carbonyl (C=O) groups excluding carboxylic acids is 1. The van der Waals surface area contributed by atoms with Crippen molar-refractivity contribution < 1.29 is 4.79 Å². The summed E-state index contributed by atoms with van der Waals surface area (Å²) in [6.07, 6.45) is 4.56. The topological polar surface area (TPSA) is 29.1 Å². The molecule has 2 unspecified atom stereocenters. The van der Waals surface area contributed by atoms with Crippen molar-refractivity contribution in [2.24, 2.45) is 5.92 Å². The van der Waals surface area contributed by atoms with Gasteiger partial charge in [-0.25, -0.2) is 0 Å². The van der Waals surface area contributed by atoms with E-state index in [0.29, 0.717) is 16.5 Å². The smallest absolute Gasteiger partial charge is 0.253 e. The predicted molar refractivity (Wildman–Crippen MR) is 83.2 cm³/mol. The van der Waals surface area contributed by atoms with E-state index in [9.17, 15) is 4.79 Å². The summed E-state index contributed by atoms with van der Waals surface area (Å²) in [5.74, 6) is 0.623. The van der Waals surface area contributed by atoms with Gasteiger partial charge in [-0.2, -0.15) is 0 Å². The van der Waals surface area contributed by atoms with Gasteiger partial charge in [0.2, 0.25) is 0 Å². The molecule has 0 heterocycles. The largest absolute Gasteiger partial charge is 0.349 e. The minimum atomic E-state index is -0.0507. The Morgan fingerprint density at radius 2 is 2.26 bits per heavy atom. The fourth-order valence-electron chi connectivity index (χ4n) is 2.63. The fourth-order valence-corrected chi connectivity index (χ4v) is 3.54. The van der Waals surface area contributed by atoms with Crippen LogP contribution in [0.2, 0.25) is 5.02 Å². The molecule has 1 aromatic rings. The van der Waals surface area contributed by atoms with E-state index in [2.05, 4.69) is 21.2 Å². The van der Waals surface area contributed by atoms with Crippen molar-refractivity contribution in [1.82, 2.24) is 5.32 Å². The summed E-state index contributed by atoms with van der Waals surface area (Å²) in [6, 6.07) is 5.83. The summed E-state index contributed by atoms with van der Waals surface area (Å²) < 4.78 is 0. The molecule has 1 amide bonds. The van der Waals surface area contributed by atoms with Crippen molar-refractivity contribution >= 4 is 33.4 Å². The number of nitrogens with one attached hydrogen (secondary N) is 1. The van der Waals surface area contributed by atoms with Gasteiger partial charge < -0.3 is 5.32 Å². The Bertz CT molecular complexity index is 463. The van der Waals surface area contributed by atoms with Crippen LogP contribution in [0.1, 0.15) is 41.6 Å². The molecule has 104 valence electrons. The van der Waals surface area contributed by atoms with Crippen LogP contribution in [0.25, 0.3) is 0 Å². The van der Waals surface area contributed by atoms with Crippen LogP contribution in [0.5, 0.6) is 0 Å². The Balaban J connectivity index is 2.00. The van der Waals surface area contributed by atoms with Crippen LogP contribution >= 0.6 is 27.5 Å². The van der Waals surface area contributed by atoms with E-state index in [1.807, 2.05) is 19.1 Å². The molecule has 1 aliphatic carbocycles. The Morgan fingerprint density at radius 1 is 1.47 bits per heavy atom. The minimum Gasteiger partial charge on any atom is -0.349 e. The number of aryl methyl sites for hydroxylation is 1. The molecule has 1 saturated carbocycles. The molecule has 1 aromatic carbocycles. The lowest BCUT2D eigenvalue weighted by molar-refractivity contribution is 0.0922. The van der Waals surface area contributed by atoms with Gasteiger partial charge in [-0.05, 0) is 49.8 Å². The fraction of sp³-hybridized carbons (Fsp3) is 0.533. The van der Waals surface area contributed by atoms with E-state index in [1.165, 1.54) is 12.8 Å². The van der Waals surface area contributed by atoms with E-state index < -0.39 is 0 Å². The minimum absolute atomic E-state index is 0.0507. The van der Waals surface area contributed by atoms with Crippen molar-refractivity contribution in [2.75, 3.05) is 5.33 Å². The lowest BCUT2D eigenvalue weighted by Crippen LogP contribution is -2.38. The molecule has 0 spiro atoms. The highest BCUT2D eigenvalue weighted by atomic mass is 79.9. The second kappa shape index (κ2) is 6.76. The highest BCUT2D eigenvalue weighted by Gasteiger charge is 2.23. The number of hydrogen-bond acceptors (Lipinski definition) is 1. The Kier molecular flexibility index (Phi) is 5.28. The Morgan fingerprint density at radius 3 is 2.95 bits per heavy atom. The second-order valence-corrected chi connectivity index (χ2v) is 6.40. The molecular formula is C15H19BrClNO. The molecule has 1 fully saturated rings. The summed E-state index contributed by atoms with van der Waals surface area (Å²) in [4.78, 5) is 12.2. The summed E-state index contributed by atoms with van der Waals surface area (Å²) in [5, 5.41) is 4.67. The van der Waals surface area contributed by atoms with E-state index >= 15 is 0 Å². The molecule has 2 nitrogen and oxygen atoms in total. The lowest BCUT2D eigenvalue weighted by Gasteiger charge is -2.28. The number of rotatable bonds is 3. The van der Waals surface area contributed by atoms with Gasteiger partial charge in [-0.1, -0.05) is 40.0 Å². The van der Waals surface area contributed by atoms with Gasteiger partial charge in [0.05, 0.1) is 10.6 Å². The molecule has 0 aliphatic heterocycles. The van der Waals surface area contributed by atoms with E-state index in [0.717, 1.165) is 23.7 Å². The van der Waals surface area contributed by atoms with E-state index in [4.69, 9.17) is 11.6 Å². The molecule has 0 bridgehead atoms. The molecule has 19 heavy (non-hydrogen) atoms. The van der Waals surface area contributed by atoms with Crippen molar-refractivity contribution in [2.45, 2.75) is 38.6 Å². The SMILES string of the molecule is Cc1ccc(C(=O)NC2CCCC(CBr)C2)c(Cl)c1. The Labute approximate surface area is 128 Å². The van der Waals surface area contributed by atoms with E-state index in [-0.39, 0.29) is 11.9 Å². The standard InChI is InChI=1S/C15H19BrClNO/c1-10-5-6-13(14(17)7-10)15(19)18-12-4-2-3-11(8-12)9-16/h5-7,11-12H,2-4,8-9H2,1H3,(H,18,19). The van der Waals surface area contributed by atoms with Crippen LogP contribution in [0.3, 0.4) is 0 Å². The summed E-state index contributed by atoms with van der Waals surface area (Å²) >= 11 is 9.66. The quantitative estimate of drug-likeness (QED) is 0.812. The molecule has 0 aromatic heterocycles. The summed E-state index contributed by atoms with van der Waals surface area (Å²) in [5.41, 5.74) is 1.65. The van der Waals surface area contributed by atoms with Crippen molar-refractivity contribution in [3.8, 4) is 0 Å². The number of carbonyl (C=O) groups is 1. The molecule has 2 rings (SSSR count). The second-order valence-electron chi connectivity index (χ2n) is 5.34. The maximum absolute atomic E-state index is 12.2. The third-order valence-corrected chi connectivity index (χ3v) is 4.93.